The van der Waals surface area contributed by atoms with Crippen LogP contribution in [0.2, 0.25) is 15.2 Å². The largest absolute Gasteiger partial charge is 0.283 e. The highest BCUT2D eigenvalue weighted by Gasteiger charge is 2.24. The van der Waals surface area contributed by atoms with E-state index in [1.165, 1.54) is 10.6 Å². The first-order valence-corrected chi connectivity index (χ1v) is 9.79. The van der Waals surface area contributed by atoms with Crippen LogP contribution in [0.5, 0.6) is 0 Å². The summed E-state index contributed by atoms with van der Waals surface area (Å²) in [4.78, 5) is 25.5. The molecule has 0 aliphatic carbocycles. The van der Waals surface area contributed by atoms with Crippen LogP contribution in [0.4, 0.5) is 5.69 Å². The summed E-state index contributed by atoms with van der Waals surface area (Å²) in [5, 5.41) is 0.639. The molecule has 0 aliphatic rings. The lowest BCUT2D eigenvalue weighted by atomic mass is 9.96. The van der Waals surface area contributed by atoms with Crippen LogP contribution in [-0.2, 0) is 0 Å². The molecule has 3 aromatic heterocycles. The molecule has 0 aromatic carbocycles. The van der Waals surface area contributed by atoms with Crippen LogP contribution in [0.3, 0.4) is 0 Å². The van der Waals surface area contributed by atoms with Gasteiger partial charge in [-0.15, -0.1) is 0 Å². The molecule has 0 bridgehead atoms. The Hall–Kier alpha value is -2.13. The molecule has 0 fully saturated rings. The fourth-order valence-electron chi connectivity index (χ4n) is 3.14. The quantitative estimate of drug-likeness (QED) is 0.347. The van der Waals surface area contributed by atoms with E-state index >= 15 is 0 Å². The van der Waals surface area contributed by atoms with Crippen LogP contribution in [0.25, 0.3) is 21.6 Å². The first-order valence-electron chi connectivity index (χ1n) is 8.65. The Balaban J connectivity index is 2.65. The Kier molecular flexibility index (Phi) is 5.67. The van der Waals surface area contributed by atoms with E-state index < -0.39 is 5.56 Å². The molecule has 5 nitrogen and oxygen atoms in total. The van der Waals surface area contributed by atoms with Crippen molar-refractivity contribution in [2.45, 2.75) is 39.5 Å². The van der Waals surface area contributed by atoms with Gasteiger partial charge >= 0.3 is 0 Å². The highest BCUT2D eigenvalue weighted by atomic mass is 35.5. The summed E-state index contributed by atoms with van der Waals surface area (Å²) >= 11 is 18.6. The summed E-state index contributed by atoms with van der Waals surface area (Å²) < 4.78 is 1.40. The van der Waals surface area contributed by atoms with Crippen molar-refractivity contribution in [2.75, 3.05) is 0 Å². The highest BCUT2D eigenvalue weighted by molar-refractivity contribution is 6.43. The van der Waals surface area contributed by atoms with Crippen LogP contribution >= 0.6 is 34.8 Å². The van der Waals surface area contributed by atoms with Crippen LogP contribution in [0, 0.1) is 6.57 Å². The van der Waals surface area contributed by atoms with Gasteiger partial charge in [-0.1, -0.05) is 62.5 Å². The van der Waals surface area contributed by atoms with Gasteiger partial charge in [0, 0.05) is 11.6 Å². The Bertz CT molecular complexity index is 1170. The smallest absolute Gasteiger partial charge is 0.269 e. The van der Waals surface area contributed by atoms with Crippen molar-refractivity contribution in [3.8, 4) is 5.69 Å². The summed E-state index contributed by atoms with van der Waals surface area (Å²) in [6.07, 6.45) is 1.73. The molecule has 0 amide bonds. The van der Waals surface area contributed by atoms with Gasteiger partial charge in [0.25, 0.3) is 11.2 Å². The van der Waals surface area contributed by atoms with E-state index in [9.17, 15) is 4.79 Å². The lowest BCUT2D eigenvalue weighted by molar-refractivity contribution is 0.772. The van der Waals surface area contributed by atoms with Crippen LogP contribution in [-0.4, -0.2) is 14.5 Å². The van der Waals surface area contributed by atoms with Gasteiger partial charge in [-0.05, 0) is 29.5 Å². The zero-order chi connectivity index (χ0) is 20.7. The van der Waals surface area contributed by atoms with Gasteiger partial charge in [0.2, 0.25) is 0 Å². The summed E-state index contributed by atoms with van der Waals surface area (Å²) in [6.45, 7) is 15.5. The van der Waals surface area contributed by atoms with Gasteiger partial charge in [0.05, 0.1) is 28.0 Å². The van der Waals surface area contributed by atoms with Gasteiger partial charge in [-0.3, -0.25) is 14.3 Å². The summed E-state index contributed by atoms with van der Waals surface area (Å²) in [6, 6.07) is 3.40. The fourth-order valence-corrected chi connectivity index (χ4v) is 3.68. The van der Waals surface area contributed by atoms with E-state index in [0.29, 0.717) is 11.1 Å². The second-order valence-corrected chi connectivity index (χ2v) is 8.13. The molecule has 3 rings (SSSR count). The third-order valence-electron chi connectivity index (χ3n) is 4.46. The Morgan fingerprint density at radius 1 is 1.14 bits per heavy atom. The van der Waals surface area contributed by atoms with Gasteiger partial charge < -0.3 is 0 Å². The minimum Gasteiger partial charge on any atom is -0.283 e. The fraction of sp³-hybridized carbons (Fsp3) is 0.300. The first kappa shape index (κ1) is 20.6. The Morgan fingerprint density at radius 3 is 2.39 bits per heavy atom. The maximum Gasteiger partial charge on any atom is 0.269 e. The lowest BCUT2D eigenvalue weighted by Gasteiger charge is -2.22. The summed E-state index contributed by atoms with van der Waals surface area (Å²) in [5.74, 6) is 0.137. The first-order chi connectivity index (χ1) is 13.2. The monoisotopic (exact) mass is 434 g/mol. The van der Waals surface area contributed by atoms with E-state index in [0.717, 1.165) is 11.3 Å². The number of hydrogen-bond donors (Lipinski definition) is 0. The van der Waals surface area contributed by atoms with Crippen molar-refractivity contribution in [2.24, 2.45) is 0 Å². The van der Waals surface area contributed by atoms with Crippen LogP contribution < -0.4 is 5.56 Å². The molecule has 0 radical (unpaired) electrons. The Morgan fingerprint density at radius 2 is 1.82 bits per heavy atom. The van der Waals surface area contributed by atoms with E-state index in [4.69, 9.17) is 41.4 Å². The highest BCUT2D eigenvalue weighted by Crippen LogP contribution is 2.37. The van der Waals surface area contributed by atoms with Crippen molar-refractivity contribution >= 4 is 51.5 Å². The van der Waals surface area contributed by atoms with Gasteiger partial charge in [-0.25, -0.2) is 9.83 Å². The van der Waals surface area contributed by atoms with E-state index in [2.05, 4.69) is 14.8 Å². The van der Waals surface area contributed by atoms with E-state index in [-0.39, 0.29) is 38.4 Å². The van der Waals surface area contributed by atoms with Crippen LogP contribution in [0.1, 0.15) is 50.8 Å². The maximum absolute atomic E-state index is 13.3. The lowest BCUT2D eigenvalue weighted by Crippen LogP contribution is -2.23. The zero-order valence-electron chi connectivity index (χ0n) is 15.7. The van der Waals surface area contributed by atoms with Crippen molar-refractivity contribution in [1.29, 1.82) is 0 Å². The molecule has 3 aromatic rings. The number of aromatic nitrogens is 3. The van der Waals surface area contributed by atoms with Gasteiger partial charge in [0.15, 0.2) is 0 Å². The minimum atomic E-state index is -0.560. The molecule has 0 saturated carbocycles. The third kappa shape index (κ3) is 3.26. The van der Waals surface area contributed by atoms with Gasteiger partial charge in [0.1, 0.15) is 10.8 Å². The second-order valence-electron chi connectivity index (χ2n) is 6.99. The van der Waals surface area contributed by atoms with E-state index in [1.807, 2.05) is 33.8 Å². The van der Waals surface area contributed by atoms with Crippen molar-refractivity contribution in [3.05, 3.63) is 66.6 Å². The minimum absolute atomic E-state index is 0.0124. The number of halogens is 3. The van der Waals surface area contributed by atoms with E-state index in [1.54, 1.807) is 6.20 Å². The molecule has 144 valence electrons. The van der Waals surface area contributed by atoms with Crippen molar-refractivity contribution in [1.82, 2.24) is 14.5 Å². The maximum atomic E-state index is 13.3. The number of hydrogen-bond acceptors (Lipinski definition) is 3. The average molecular weight is 436 g/mol. The predicted octanol–water partition coefficient (Wildman–Crippen LogP) is 6.54. The molecule has 0 aliphatic heterocycles. The summed E-state index contributed by atoms with van der Waals surface area (Å²) in [5.41, 5.74) is 1.73. The molecule has 0 unspecified atom stereocenters. The molecule has 0 atom stereocenters. The SMILES string of the molecule is [C-]#[N+]c1c(Cl)c2cc(Cl)c(Cl)nc2n(-c2c(C(C)C)ccnc2C(C)C)c1=O. The number of nitrogens with zero attached hydrogens (tertiary/aromatic N) is 4. The van der Waals surface area contributed by atoms with Crippen molar-refractivity contribution in [3.63, 3.8) is 0 Å². The Labute approximate surface area is 177 Å². The third-order valence-corrected chi connectivity index (χ3v) is 5.52. The predicted molar refractivity (Wildman–Crippen MR) is 115 cm³/mol. The molecule has 0 saturated heterocycles. The normalized spacial score (nSPS) is 11.4. The molecular formula is C20H17Cl3N4O. The summed E-state index contributed by atoms with van der Waals surface area (Å²) in [7, 11) is 0. The average Bonchev–Trinajstić information content (AvgIpc) is 2.64. The van der Waals surface area contributed by atoms with Crippen molar-refractivity contribution < 1.29 is 0 Å². The molecule has 28 heavy (non-hydrogen) atoms. The number of rotatable bonds is 3. The molecule has 3 heterocycles. The van der Waals surface area contributed by atoms with Crippen LogP contribution in [0.15, 0.2) is 23.1 Å². The molecular weight excluding hydrogens is 419 g/mol. The standard InChI is InChI=1S/C20H17Cl3N4O/c1-9(2)11-6-7-25-15(10(3)4)17(11)27-19-12(8-13(21)18(23)26-19)14(22)16(24-5)20(27)28/h6-10H,1-4H3. The zero-order valence-corrected chi connectivity index (χ0v) is 18.0. The van der Waals surface area contributed by atoms with Gasteiger partial charge in [-0.2, -0.15) is 0 Å². The molecule has 0 N–H and O–H groups in total. The topological polar surface area (TPSA) is 52.1 Å². The number of pyridine rings is 3. The molecule has 0 spiro atoms. The second kappa shape index (κ2) is 7.71. The number of fused-ring (bicyclic) bond motifs is 1. The molecule has 8 heteroatoms.